The average Bonchev–Trinajstić information content (AvgIpc) is 2.71. The van der Waals surface area contributed by atoms with Crippen LogP contribution in [0, 0.1) is 6.92 Å². The van der Waals surface area contributed by atoms with Crippen molar-refractivity contribution in [2.75, 3.05) is 13.1 Å². The van der Waals surface area contributed by atoms with Gasteiger partial charge in [0.25, 0.3) is 0 Å². The molecular formula is C15H21N3. The highest BCUT2D eigenvalue weighted by atomic mass is 15.1. The average molecular weight is 243 g/mol. The van der Waals surface area contributed by atoms with Crippen LogP contribution in [0.15, 0.2) is 24.3 Å². The molecule has 0 bridgehead atoms. The number of fused-ring (bicyclic) bond motifs is 1. The normalized spacial score (nSPS) is 18.6. The van der Waals surface area contributed by atoms with E-state index >= 15 is 0 Å². The Morgan fingerprint density at radius 2 is 2.06 bits per heavy atom. The lowest BCUT2D eigenvalue weighted by atomic mass is 10.1. The summed E-state index contributed by atoms with van der Waals surface area (Å²) in [4.78, 5) is 5.90. The predicted octanol–water partition coefficient (Wildman–Crippen LogP) is 2.40. The van der Waals surface area contributed by atoms with Gasteiger partial charge in [-0.25, -0.2) is 0 Å². The number of nitrogens with zero attached hydrogens (tertiary/aromatic N) is 1. The number of hydrogen-bond donors (Lipinski definition) is 2. The maximum Gasteiger partial charge on any atom is 0.0459 e. The van der Waals surface area contributed by atoms with E-state index in [-0.39, 0.29) is 0 Å². The molecule has 0 saturated carbocycles. The van der Waals surface area contributed by atoms with E-state index in [4.69, 9.17) is 5.73 Å². The molecule has 1 aliphatic rings. The number of nitrogens with one attached hydrogen (secondary N) is 1. The second-order valence-electron chi connectivity index (χ2n) is 5.49. The first-order valence-corrected chi connectivity index (χ1v) is 6.77. The monoisotopic (exact) mass is 243 g/mol. The molecule has 96 valence electrons. The maximum atomic E-state index is 5.94. The van der Waals surface area contributed by atoms with E-state index < -0.39 is 0 Å². The Hall–Kier alpha value is -1.32. The number of aromatic amines is 1. The van der Waals surface area contributed by atoms with E-state index in [2.05, 4.69) is 41.1 Å². The molecule has 3 nitrogen and oxygen atoms in total. The summed E-state index contributed by atoms with van der Waals surface area (Å²) in [5.74, 6) is 0. The van der Waals surface area contributed by atoms with Crippen LogP contribution in [0.1, 0.15) is 24.1 Å². The molecule has 1 fully saturated rings. The first-order chi connectivity index (χ1) is 8.70. The minimum Gasteiger partial charge on any atom is -0.359 e. The van der Waals surface area contributed by atoms with Crippen LogP contribution in [0.3, 0.4) is 0 Å². The van der Waals surface area contributed by atoms with Gasteiger partial charge in [-0.3, -0.25) is 4.90 Å². The Morgan fingerprint density at radius 1 is 1.28 bits per heavy atom. The standard InChI is InChI=1S/C15H21N3/c1-11-8-13-3-2-12(9-15(13)17-11)10-18-6-4-14(16)5-7-18/h2-3,8-9,14,17H,4-7,10,16H2,1H3. The van der Waals surface area contributed by atoms with Gasteiger partial charge in [-0.15, -0.1) is 0 Å². The van der Waals surface area contributed by atoms with E-state index in [0.29, 0.717) is 6.04 Å². The number of benzene rings is 1. The third kappa shape index (κ3) is 2.42. The van der Waals surface area contributed by atoms with E-state index in [1.54, 1.807) is 0 Å². The zero-order valence-corrected chi connectivity index (χ0v) is 10.9. The molecule has 0 atom stereocenters. The molecule has 1 saturated heterocycles. The molecule has 0 unspecified atom stereocenters. The second kappa shape index (κ2) is 4.75. The van der Waals surface area contributed by atoms with Crippen molar-refractivity contribution in [3.8, 4) is 0 Å². The summed E-state index contributed by atoms with van der Waals surface area (Å²) in [5.41, 5.74) is 9.80. The van der Waals surface area contributed by atoms with Crippen molar-refractivity contribution in [2.24, 2.45) is 5.73 Å². The third-order valence-corrected chi connectivity index (χ3v) is 3.86. The fourth-order valence-corrected chi connectivity index (χ4v) is 2.79. The number of rotatable bonds is 2. The van der Waals surface area contributed by atoms with Gasteiger partial charge in [-0.2, -0.15) is 0 Å². The maximum absolute atomic E-state index is 5.94. The van der Waals surface area contributed by atoms with Gasteiger partial charge in [0.1, 0.15) is 0 Å². The molecule has 0 amide bonds. The second-order valence-corrected chi connectivity index (χ2v) is 5.49. The SMILES string of the molecule is Cc1cc2ccc(CN3CCC(N)CC3)cc2[nH]1. The minimum atomic E-state index is 0.412. The molecule has 1 aliphatic heterocycles. The summed E-state index contributed by atoms with van der Waals surface area (Å²) in [6, 6.07) is 9.33. The Kier molecular flexibility index (Phi) is 3.10. The van der Waals surface area contributed by atoms with E-state index in [0.717, 1.165) is 32.5 Å². The molecule has 18 heavy (non-hydrogen) atoms. The van der Waals surface area contributed by atoms with Gasteiger partial charge in [-0.1, -0.05) is 12.1 Å². The quantitative estimate of drug-likeness (QED) is 0.850. The number of aromatic nitrogens is 1. The molecular weight excluding hydrogens is 222 g/mol. The molecule has 2 aromatic rings. The van der Waals surface area contributed by atoms with Crippen molar-refractivity contribution in [3.05, 3.63) is 35.5 Å². The minimum absolute atomic E-state index is 0.412. The number of piperidine rings is 1. The smallest absolute Gasteiger partial charge is 0.0459 e. The fraction of sp³-hybridized carbons (Fsp3) is 0.467. The summed E-state index contributed by atoms with van der Waals surface area (Å²) in [5, 5.41) is 1.30. The van der Waals surface area contributed by atoms with Crippen LogP contribution >= 0.6 is 0 Å². The zero-order valence-electron chi connectivity index (χ0n) is 10.9. The summed E-state index contributed by atoms with van der Waals surface area (Å²) in [6.45, 7) is 5.40. The number of likely N-dealkylation sites (tertiary alicyclic amines) is 1. The van der Waals surface area contributed by atoms with Crippen LogP contribution in [-0.2, 0) is 6.54 Å². The summed E-state index contributed by atoms with van der Waals surface area (Å²) >= 11 is 0. The highest BCUT2D eigenvalue weighted by Crippen LogP contribution is 2.19. The molecule has 3 rings (SSSR count). The molecule has 0 radical (unpaired) electrons. The lowest BCUT2D eigenvalue weighted by Gasteiger charge is -2.30. The van der Waals surface area contributed by atoms with Crippen molar-refractivity contribution < 1.29 is 0 Å². The van der Waals surface area contributed by atoms with Crippen LogP contribution in [0.2, 0.25) is 0 Å². The Bertz CT molecular complexity index is 536. The van der Waals surface area contributed by atoms with Gasteiger partial charge in [-0.05, 0) is 55.9 Å². The largest absolute Gasteiger partial charge is 0.359 e. The zero-order chi connectivity index (χ0) is 12.5. The topological polar surface area (TPSA) is 45.0 Å². The van der Waals surface area contributed by atoms with Crippen LogP contribution in [0.25, 0.3) is 10.9 Å². The number of aryl methyl sites for hydroxylation is 1. The number of hydrogen-bond acceptors (Lipinski definition) is 2. The third-order valence-electron chi connectivity index (χ3n) is 3.86. The first-order valence-electron chi connectivity index (χ1n) is 6.77. The summed E-state index contributed by atoms with van der Waals surface area (Å²) in [7, 11) is 0. The highest BCUT2D eigenvalue weighted by molar-refractivity contribution is 5.80. The number of nitrogens with two attached hydrogens (primary N) is 1. The predicted molar refractivity (Wildman–Crippen MR) is 75.5 cm³/mol. The number of H-pyrrole nitrogens is 1. The van der Waals surface area contributed by atoms with Crippen molar-refractivity contribution in [1.29, 1.82) is 0 Å². The summed E-state index contributed by atoms with van der Waals surface area (Å²) < 4.78 is 0. The molecule has 3 N–H and O–H groups in total. The van der Waals surface area contributed by atoms with Crippen LogP contribution in [0.5, 0.6) is 0 Å². The Morgan fingerprint density at radius 3 is 2.83 bits per heavy atom. The van der Waals surface area contributed by atoms with E-state index in [1.165, 1.54) is 22.2 Å². The molecule has 3 heteroatoms. The lowest BCUT2D eigenvalue weighted by molar-refractivity contribution is 0.206. The van der Waals surface area contributed by atoms with Gasteiger partial charge in [0, 0.05) is 23.8 Å². The van der Waals surface area contributed by atoms with Crippen molar-refractivity contribution >= 4 is 10.9 Å². The van der Waals surface area contributed by atoms with E-state index in [1.807, 2.05) is 0 Å². The van der Waals surface area contributed by atoms with Crippen LogP contribution < -0.4 is 5.73 Å². The van der Waals surface area contributed by atoms with Crippen molar-refractivity contribution in [1.82, 2.24) is 9.88 Å². The van der Waals surface area contributed by atoms with Gasteiger partial charge in [0.2, 0.25) is 0 Å². The van der Waals surface area contributed by atoms with Gasteiger partial charge >= 0.3 is 0 Å². The molecule has 1 aromatic heterocycles. The van der Waals surface area contributed by atoms with Gasteiger partial charge < -0.3 is 10.7 Å². The van der Waals surface area contributed by atoms with Crippen molar-refractivity contribution in [3.63, 3.8) is 0 Å². The molecule has 0 aliphatic carbocycles. The van der Waals surface area contributed by atoms with Gasteiger partial charge in [0.05, 0.1) is 0 Å². The molecule has 2 heterocycles. The van der Waals surface area contributed by atoms with Crippen LogP contribution in [0.4, 0.5) is 0 Å². The van der Waals surface area contributed by atoms with E-state index in [9.17, 15) is 0 Å². The van der Waals surface area contributed by atoms with Crippen LogP contribution in [-0.4, -0.2) is 29.0 Å². The fourth-order valence-electron chi connectivity index (χ4n) is 2.79. The summed E-state index contributed by atoms with van der Waals surface area (Å²) in [6.07, 6.45) is 2.26. The van der Waals surface area contributed by atoms with Gasteiger partial charge in [0.15, 0.2) is 0 Å². The first kappa shape index (κ1) is 11.8. The molecule has 0 spiro atoms. The molecule has 1 aromatic carbocycles. The Labute approximate surface area is 108 Å². The Balaban J connectivity index is 1.74. The van der Waals surface area contributed by atoms with Crippen molar-refractivity contribution in [2.45, 2.75) is 32.4 Å². The highest BCUT2D eigenvalue weighted by Gasteiger charge is 2.15. The lowest BCUT2D eigenvalue weighted by Crippen LogP contribution is -2.39.